The second kappa shape index (κ2) is 8.33. The van der Waals surface area contributed by atoms with Crippen LogP contribution in [0, 0.1) is 0 Å². The summed E-state index contributed by atoms with van der Waals surface area (Å²) in [7, 11) is 1.57. The molecule has 0 atom stereocenters. The highest BCUT2D eigenvalue weighted by Gasteiger charge is 2.13. The summed E-state index contributed by atoms with van der Waals surface area (Å²) in [4.78, 5) is 23.4. The van der Waals surface area contributed by atoms with E-state index in [4.69, 9.17) is 27.9 Å². The number of anilines is 1. The average molecular weight is 366 g/mol. The molecule has 2 rings (SSSR count). The van der Waals surface area contributed by atoms with Gasteiger partial charge in [0.1, 0.15) is 5.75 Å². The fraction of sp³-hybridized carbons (Fsp3) is 0.0625. The lowest BCUT2D eigenvalue weighted by Gasteiger charge is -2.05. The number of ether oxygens (including phenoxy) is 1. The van der Waals surface area contributed by atoms with Gasteiger partial charge in [0.2, 0.25) is 0 Å². The van der Waals surface area contributed by atoms with Gasteiger partial charge >= 0.3 is 11.8 Å². The van der Waals surface area contributed by atoms with Crippen molar-refractivity contribution in [3.8, 4) is 5.75 Å². The highest BCUT2D eigenvalue weighted by molar-refractivity contribution is 6.42. The Morgan fingerprint density at radius 3 is 2.38 bits per heavy atom. The first-order valence-corrected chi connectivity index (χ1v) is 7.48. The van der Waals surface area contributed by atoms with E-state index in [1.165, 1.54) is 24.4 Å². The lowest BCUT2D eigenvalue weighted by molar-refractivity contribution is -0.136. The summed E-state index contributed by atoms with van der Waals surface area (Å²) >= 11 is 11.6. The molecule has 2 amide bonds. The fourth-order valence-corrected chi connectivity index (χ4v) is 1.97. The number of carbonyl (C=O) groups is 2. The van der Waals surface area contributed by atoms with Crippen LogP contribution in [0.4, 0.5) is 5.69 Å². The number of carbonyl (C=O) groups excluding carboxylic acids is 2. The van der Waals surface area contributed by atoms with E-state index >= 15 is 0 Å². The standard InChI is InChI=1S/C16H13Cl2N3O3/c1-24-12-5-2-10(3-6-12)9-19-21-16(23)15(22)20-11-4-7-13(17)14(18)8-11/h2-9H,1H3,(H,20,22)(H,21,23)/b19-9+. The molecule has 2 N–H and O–H groups in total. The number of benzene rings is 2. The third kappa shape index (κ3) is 4.97. The third-order valence-electron chi connectivity index (χ3n) is 2.88. The van der Waals surface area contributed by atoms with Crippen LogP contribution < -0.4 is 15.5 Å². The summed E-state index contributed by atoms with van der Waals surface area (Å²) < 4.78 is 5.03. The van der Waals surface area contributed by atoms with Gasteiger partial charge in [0.15, 0.2) is 0 Å². The normalized spacial score (nSPS) is 10.5. The number of hydrogen-bond acceptors (Lipinski definition) is 4. The van der Waals surface area contributed by atoms with Gasteiger partial charge in [0.05, 0.1) is 23.4 Å². The molecule has 24 heavy (non-hydrogen) atoms. The second-order valence-corrected chi connectivity index (χ2v) is 5.37. The van der Waals surface area contributed by atoms with Gasteiger partial charge in [-0.3, -0.25) is 9.59 Å². The summed E-state index contributed by atoms with van der Waals surface area (Å²) in [6.07, 6.45) is 1.41. The van der Waals surface area contributed by atoms with Gasteiger partial charge in [-0.2, -0.15) is 5.10 Å². The number of hydrazone groups is 1. The minimum atomic E-state index is -0.911. The van der Waals surface area contributed by atoms with Crippen molar-refractivity contribution in [1.29, 1.82) is 0 Å². The largest absolute Gasteiger partial charge is 0.497 e. The molecule has 0 saturated heterocycles. The Hall–Kier alpha value is -2.57. The highest BCUT2D eigenvalue weighted by atomic mass is 35.5. The summed E-state index contributed by atoms with van der Waals surface area (Å²) in [6, 6.07) is 11.5. The number of methoxy groups -OCH3 is 1. The Labute approximate surface area is 148 Å². The van der Waals surface area contributed by atoms with Crippen molar-refractivity contribution in [2.75, 3.05) is 12.4 Å². The molecule has 0 heterocycles. The average Bonchev–Trinajstić information content (AvgIpc) is 2.58. The first kappa shape index (κ1) is 17.8. The van der Waals surface area contributed by atoms with E-state index in [0.29, 0.717) is 16.5 Å². The zero-order valence-electron chi connectivity index (χ0n) is 12.5. The minimum absolute atomic E-state index is 0.271. The molecule has 0 unspecified atom stereocenters. The number of rotatable bonds is 4. The van der Waals surface area contributed by atoms with Gasteiger partial charge in [-0.15, -0.1) is 0 Å². The van der Waals surface area contributed by atoms with Crippen LogP contribution in [0.15, 0.2) is 47.6 Å². The van der Waals surface area contributed by atoms with Crippen molar-refractivity contribution in [1.82, 2.24) is 5.43 Å². The Morgan fingerprint density at radius 1 is 1.04 bits per heavy atom. The van der Waals surface area contributed by atoms with Crippen LogP contribution in [0.25, 0.3) is 0 Å². The Morgan fingerprint density at radius 2 is 1.75 bits per heavy atom. The first-order valence-electron chi connectivity index (χ1n) is 6.73. The Kier molecular flexibility index (Phi) is 6.17. The molecule has 124 valence electrons. The second-order valence-electron chi connectivity index (χ2n) is 4.56. The van der Waals surface area contributed by atoms with Crippen molar-refractivity contribution >= 4 is 46.9 Å². The molecular formula is C16H13Cl2N3O3. The van der Waals surface area contributed by atoms with Gasteiger partial charge in [0.25, 0.3) is 0 Å². The van der Waals surface area contributed by atoms with Crippen LogP contribution in [0.1, 0.15) is 5.56 Å². The van der Waals surface area contributed by atoms with E-state index in [0.717, 1.165) is 5.56 Å². The number of nitrogens with one attached hydrogen (secondary N) is 2. The molecule has 2 aromatic carbocycles. The van der Waals surface area contributed by atoms with E-state index in [1.807, 2.05) is 0 Å². The Balaban J connectivity index is 1.89. The maximum Gasteiger partial charge on any atom is 0.329 e. The van der Waals surface area contributed by atoms with Crippen molar-refractivity contribution in [3.05, 3.63) is 58.1 Å². The monoisotopic (exact) mass is 365 g/mol. The molecule has 6 nitrogen and oxygen atoms in total. The minimum Gasteiger partial charge on any atom is -0.497 e. The zero-order valence-corrected chi connectivity index (χ0v) is 14.1. The van der Waals surface area contributed by atoms with Gasteiger partial charge in [-0.05, 0) is 48.0 Å². The molecule has 0 radical (unpaired) electrons. The lowest BCUT2D eigenvalue weighted by atomic mass is 10.2. The topological polar surface area (TPSA) is 79.8 Å². The van der Waals surface area contributed by atoms with Crippen molar-refractivity contribution in [2.45, 2.75) is 0 Å². The van der Waals surface area contributed by atoms with Gasteiger partial charge in [0, 0.05) is 5.69 Å². The van der Waals surface area contributed by atoms with Crippen LogP contribution in [0.2, 0.25) is 10.0 Å². The molecular weight excluding hydrogens is 353 g/mol. The molecule has 0 aliphatic carbocycles. The molecule has 0 aromatic heterocycles. The summed E-state index contributed by atoms with van der Waals surface area (Å²) in [5, 5.41) is 6.73. The number of hydrogen-bond donors (Lipinski definition) is 2. The maximum atomic E-state index is 11.7. The van der Waals surface area contributed by atoms with Crippen molar-refractivity contribution in [2.24, 2.45) is 5.10 Å². The van der Waals surface area contributed by atoms with E-state index in [2.05, 4.69) is 15.8 Å². The predicted octanol–water partition coefficient (Wildman–Crippen LogP) is 3.09. The molecule has 0 spiro atoms. The third-order valence-corrected chi connectivity index (χ3v) is 3.62. The molecule has 0 bridgehead atoms. The lowest BCUT2D eigenvalue weighted by Crippen LogP contribution is -2.32. The van der Waals surface area contributed by atoms with Crippen LogP contribution in [-0.2, 0) is 9.59 Å². The van der Waals surface area contributed by atoms with E-state index in [-0.39, 0.29) is 5.02 Å². The maximum absolute atomic E-state index is 11.7. The van der Waals surface area contributed by atoms with Gasteiger partial charge < -0.3 is 10.1 Å². The van der Waals surface area contributed by atoms with Crippen molar-refractivity contribution in [3.63, 3.8) is 0 Å². The number of amides is 2. The first-order chi connectivity index (χ1) is 11.5. The van der Waals surface area contributed by atoms with E-state index < -0.39 is 11.8 Å². The zero-order chi connectivity index (χ0) is 17.5. The predicted molar refractivity (Wildman–Crippen MR) is 93.8 cm³/mol. The fourth-order valence-electron chi connectivity index (χ4n) is 1.67. The van der Waals surface area contributed by atoms with E-state index in [1.54, 1.807) is 31.4 Å². The Bertz CT molecular complexity index is 777. The summed E-state index contributed by atoms with van der Waals surface area (Å²) in [5.41, 5.74) is 3.22. The highest BCUT2D eigenvalue weighted by Crippen LogP contribution is 2.24. The quantitative estimate of drug-likeness (QED) is 0.496. The van der Waals surface area contributed by atoms with Gasteiger partial charge in [-0.1, -0.05) is 23.2 Å². The van der Waals surface area contributed by atoms with Crippen LogP contribution in [0.3, 0.4) is 0 Å². The smallest absolute Gasteiger partial charge is 0.329 e. The summed E-state index contributed by atoms with van der Waals surface area (Å²) in [6.45, 7) is 0. The molecule has 2 aromatic rings. The molecule has 0 aliphatic rings. The summed E-state index contributed by atoms with van der Waals surface area (Å²) in [5.74, 6) is -1.08. The molecule has 0 saturated carbocycles. The number of nitrogens with zero attached hydrogens (tertiary/aromatic N) is 1. The SMILES string of the molecule is COc1ccc(/C=N/NC(=O)C(=O)Nc2ccc(Cl)c(Cl)c2)cc1. The van der Waals surface area contributed by atoms with Crippen LogP contribution in [-0.4, -0.2) is 25.1 Å². The molecule has 0 fully saturated rings. The van der Waals surface area contributed by atoms with Crippen LogP contribution >= 0.6 is 23.2 Å². The van der Waals surface area contributed by atoms with Crippen LogP contribution in [0.5, 0.6) is 5.75 Å². The molecule has 8 heteroatoms. The van der Waals surface area contributed by atoms with E-state index in [9.17, 15) is 9.59 Å². The van der Waals surface area contributed by atoms with Crippen molar-refractivity contribution < 1.29 is 14.3 Å². The molecule has 0 aliphatic heterocycles. The van der Waals surface area contributed by atoms with Gasteiger partial charge in [-0.25, -0.2) is 5.43 Å². The number of halogens is 2.